The van der Waals surface area contributed by atoms with Crippen LogP contribution in [-0.2, 0) is 6.42 Å². The van der Waals surface area contributed by atoms with Crippen LogP contribution in [0.1, 0.15) is 17.0 Å². The van der Waals surface area contributed by atoms with Gasteiger partial charge in [-0.3, -0.25) is 0 Å². The lowest BCUT2D eigenvalue weighted by Gasteiger charge is -2.09. The molecule has 1 aromatic heterocycles. The average molecular weight is 248 g/mol. The Kier molecular flexibility index (Phi) is 3.41. The summed E-state index contributed by atoms with van der Waals surface area (Å²) in [5, 5.41) is 0. The number of aryl methyl sites for hydroxylation is 1. The summed E-state index contributed by atoms with van der Waals surface area (Å²) in [6.07, 6.45) is 0.587. The SMILES string of the molecule is COc1ccc(Cc2oc(N)nc2C)c(OC)c1. The van der Waals surface area contributed by atoms with Gasteiger partial charge in [0.25, 0.3) is 6.01 Å². The first kappa shape index (κ1) is 12.3. The maximum Gasteiger partial charge on any atom is 0.292 e. The lowest BCUT2D eigenvalue weighted by Crippen LogP contribution is -1.95. The Morgan fingerprint density at radius 3 is 2.61 bits per heavy atom. The zero-order valence-corrected chi connectivity index (χ0v) is 10.7. The lowest BCUT2D eigenvalue weighted by molar-refractivity contribution is 0.390. The Balaban J connectivity index is 2.31. The van der Waals surface area contributed by atoms with Crippen LogP contribution < -0.4 is 15.2 Å². The van der Waals surface area contributed by atoms with Gasteiger partial charge in [-0.05, 0) is 13.0 Å². The first-order valence-electron chi connectivity index (χ1n) is 5.56. The zero-order chi connectivity index (χ0) is 13.1. The quantitative estimate of drug-likeness (QED) is 0.897. The summed E-state index contributed by atoms with van der Waals surface area (Å²) in [6, 6.07) is 5.85. The summed E-state index contributed by atoms with van der Waals surface area (Å²) >= 11 is 0. The van der Waals surface area contributed by atoms with E-state index in [2.05, 4.69) is 4.98 Å². The largest absolute Gasteiger partial charge is 0.497 e. The van der Waals surface area contributed by atoms with E-state index in [1.165, 1.54) is 0 Å². The van der Waals surface area contributed by atoms with Crippen LogP contribution in [-0.4, -0.2) is 19.2 Å². The van der Waals surface area contributed by atoms with Crippen molar-refractivity contribution in [2.45, 2.75) is 13.3 Å². The van der Waals surface area contributed by atoms with E-state index in [0.717, 1.165) is 28.5 Å². The van der Waals surface area contributed by atoms with Gasteiger partial charge >= 0.3 is 0 Å². The number of rotatable bonds is 4. The van der Waals surface area contributed by atoms with Gasteiger partial charge in [-0.25, -0.2) is 0 Å². The monoisotopic (exact) mass is 248 g/mol. The third-order valence-corrected chi connectivity index (χ3v) is 2.75. The smallest absolute Gasteiger partial charge is 0.292 e. The number of aromatic nitrogens is 1. The second kappa shape index (κ2) is 5.00. The average Bonchev–Trinajstić information content (AvgIpc) is 2.68. The highest BCUT2D eigenvalue weighted by Gasteiger charge is 2.12. The van der Waals surface area contributed by atoms with Gasteiger partial charge in [0, 0.05) is 18.1 Å². The molecule has 2 rings (SSSR count). The number of ether oxygens (including phenoxy) is 2. The normalized spacial score (nSPS) is 10.4. The molecule has 5 nitrogen and oxygen atoms in total. The minimum atomic E-state index is 0.190. The van der Waals surface area contributed by atoms with Crippen LogP contribution >= 0.6 is 0 Å². The first-order chi connectivity index (χ1) is 8.63. The van der Waals surface area contributed by atoms with Crippen LogP contribution in [0.25, 0.3) is 0 Å². The number of nitrogens with zero attached hydrogens (tertiary/aromatic N) is 1. The number of anilines is 1. The Labute approximate surface area is 106 Å². The molecule has 1 heterocycles. The molecule has 0 spiro atoms. The Bertz CT molecular complexity index is 549. The summed E-state index contributed by atoms with van der Waals surface area (Å²) in [5.41, 5.74) is 7.31. The summed E-state index contributed by atoms with van der Waals surface area (Å²) in [4.78, 5) is 4.04. The molecule has 0 aliphatic rings. The molecule has 0 aliphatic heterocycles. The zero-order valence-electron chi connectivity index (χ0n) is 10.7. The fraction of sp³-hybridized carbons (Fsp3) is 0.308. The van der Waals surface area contributed by atoms with Crippen LogP contribution in [0.5, 0.6) is 11.5 Å². The van der Waals surface area contributed by atoms with Gasteiger partial charge in [0.1, 0.15) is 17.3 Å². The summed E-state index contributed by atoms with van der Waals surface area (Å²) < 4.78 is 15.8. The molecule has 0 saturated carbocycles. The Morgan fingerprint density at radius 2 is 2.06 bits per heavy atom. The number of benzene rings is 1. The third-order valence-electron chi connectivity index (χ3n) is 2.75. The molecule has 0 fully saturated rings. The van der Waals surface area contributed by atoms with Gasteiger partial charge in [-0.1, -0.05) is 6.07 Å². The van der Waals surface area contributed by atoms with Crippen molar-refractivity contribution in [1.29, 1.82) is 0 Å². The number of hydrogen-bond donors (Lipinski definition) is 1. The lowest BCUT2D eigenvalue weighted by atomic mass is 10.1. The van der Waals surface area contributed by atoms with Gasteiger partial charge in [-0.15, -0.1) is 0 Å². The van der Waals surface area contributed by atoms with Gasteiger partial charge in [0.15, 0.2) is 0 Å². The number of hydrogen-bond acceptors (Lipinski definition) is 5. The minimum absolute atomic E-state index is 0.190. The van der Waals surface area contributed by atoms with Crippen LogP contribution in [0.15, 0.2) is 22.6 Å². The molecule has 0 saturated heterocycles. The highest BCUT2D eigenvalue weighted by Crippen LogP contribution is 2.27. The number of oxazole rings is 1. The summed E-state index contributed by atoms with van der Waals surface area (Å²) in [5.74, 6) is 2.25. The minimum Gasteiger partial charge on any atom is -0.497 e. The second-order valence-corrected chi connectivity index (χ2v) is 3.92. The van der Waals surface area contributed by atoms with Gasteiger partial charge < -0.3 is 19.6 Å². The van der Waals surface area contributed by atoms with Crippen LogP contribution in [0.2, 0.25) is 0 Å². The van der Waals surface area contributed by atoms with Crippen molar-refractivity contribution in [2.24, 2.45) is 0 Å². The molecule has 96 valence electrons. The molecule has 0 aliphatic carbocycles. The second-order valence-electron chi connectivity index (χ2n) is 3.92. The molecule has 5 heteroatoms. The molecule has 0 radical (unpaired) electrons. The molecule has 0 amide bonds. The van der Waals surface area contributed by atoms with Crippen molar-refractivity contribution in [3.05, 3.63) is 35.2 Å². The molecule has 0 bridgehead atoms. The Hall–Kier alpha value is -2.17. The number of methoxy groups -OCH3 is 2. The van der Waals surface area contributed by atoms with E-state index in [9.17, 15) is 0 Å². The van der Waals surface area contributed by atoms with Crippen molar-refractivity contribution < 1.29 is 13.9 Å². The molecular weight excluding hydrogens is 232 g/mol. The fourth-order valence-electron chi connectivity index (χ4n) is 1.79. The predicted octanol–water partition coefficient (Wildman–Crippen LogP) is 2.17. The van der Waals surface area contributed by atoms with E-state index in [0.29, 0.717) is 6.42 Å². The molecular formula is C13H16N2O3. The first-order valence-corrected chi connectivity index (χ1v) is 5.56. The van der Waals surface area contributed by atoms with Gasteiger partial charge in [0.05, 0.1) is 19.9 Å². The molecule has 0 unspecified atom stereocenters. The van der Waals surface area contributed by atoms with Crippen molar-refractivity contribution >= 4 is 6.01 Å². The van der Waals surface area contributed by atoms with Crippen molar-refractivity contribution in [1.82, 2.24) is 4.98 Å². The highest BCUT2D eigenvalue weighted by molar-refractivity contribution is 5.42. The standard InChI is InChI=1S/C13H16N2O3/c1-8-11(18-13(14)15-8)6-9-4-5-10(16-2)7-12(9)17-3/h4-5,7H,6H2,1-3H3,(H2,14,15). The van der Waals surface area contributed by atoms with Crippen molar-refractivity contribution in [3.8, 4) is 11.5 Å². The van der Waals surface area contributed by atoms with Crippen molar-refractivity contribution in [3.63, 3.8) is 0 Å². The van der Waals surface area contributed by atoms with Crippen molar-refractivity contribution in [2.75, 3.05) is 20.0 Å². The Morgan fingerprint density at radius 1 is 1.28 bits per heavy atom. The summed E-state index contributed by atoms with van der Waals surface area (Å²) in [6.45, 7) is 1.87. The number of nitrogens with two attached hydrogens (primary N) is 1. The maximum atomic E-state index is 5.52. The van der Waals surface area contributed by atoms with E-state index >= 15 is 0 Å². The number of nitrogen functional groups attached to an aromatic ring is 1. The highest BCUT2D eigenvalue weighted by atomic mass is 16.5. The predicted molar refractivity (Wildman–Crippen MR) is 68.0 cm³/mol. The maximum absolute atomic E-state index is 5.52. The van der Waals surface area contributed by atoms with E-state index in [1.54, 1.807) is 14.2 Å². The molecule has 2 aromatic rings. The topological polar surface area (TPSA) is 70.5 Å². The molecule has 2 N–H and O–H groups in total. The van der Waals surface area contributed by atoms with E-state index in [4.69, 9.17) is 19.6 Å². The van der Waals surface area contributed by atoms with E-state index in [1.807, 2.05) is 25.1 Å². The third kappa shape index (κ3) is 2.40. The summed E-state index contributed by atoms with van der Waals surface area (Å²) in [7, 11) is 3.25. The molecule has 0 atom stereocenters. The van der Waals surface area contributed by atoms with Gasteiger partial charge in [-0.2, -0.15) is 4.98 Å². The van der Waals surface area contributed by atoms with E-state index < -0.39 is 0 Å². The van der Waals surface area contributed by atoms with Crippen LogP contribution in [0.4, 0.5) is 6.01 Å². The molecule has 1 aromatic carbocycles. The van der Waals surface area contributed by atoms with E-state index in [-0.39, 0.29) is 6.01 Å². The van der Waals surface area contributed by atoms with Gasteiger partial charge in [0.2, 0.25) is 0 Å². The van der Waals surface area contributed by atoms with Crippen LogP contribution in [0, 0.1) is 6.92 Å². The van der Waals surface area contributed by atoms with Crippen LogP contribution in [0.3, 0.4) is 0 Å². The molecule has 18 heavy (non-hydrogen) atoms. The fourth-order valence-corrected chi connectivity index (χ4v) is 1.79.